The lowest BCUT2D eigenvalue weighted by Crippen LogP contribution is -2.24. The van der Waals surface area contributed by atoms with Gasteiger partial charge in [-0.3, -0.25) is 0 Å². The van der Waals surface area contributed by atoms with E-state index in [0.29, 0.717) is 11.8 Å². The van der Waals surface area contributed by atoms with E-state index in [1.54, 1.807) is 0 Å². The molecule has 1 rings (SSSR count). The summed E-state index contributed by atoms with van der Waals surface area (Å²) < 4.78 is 5.19. The van der Waals surface area contributed by atoms with Gasteiger partial charge in [0.05, 0.1) is 5.92 Å². The molecule has 5 heteroatoms. The number of nitrogens with zero attached hydrogens (tertiary/aromatic N) is 3. The summed E-state index contributed by atoms with van der Waals surface area (Å²) >= 11 is 0. The van der Waals surface area contributed by atoms with Crippen LogP contribution in [0.2, 0.25) is 0 Å². The number of hydrogen-bond donors (Lipinski definition) is 1. The molecule has 2 unspecified atom stereocenters. The molecule has 0 fully saturated rings. The molecule has 15 heavy (non-hydrogen) atoms. The summed E-state index contributed by atoms with van der Waals surface area (Å²) in [5.74, 6) is 1.37. The summed E-state index contributed by atoms with van der Waals surface area (Å²) in [4.78, 5) is 6.38. The Kier molecular flexibility index (Phi) is 4.08. The van der Waals surface area contributed by atoms with Crippen LogP contribution in [0.25, 0.3) is 0 Å². The maximum Gasteiger partial charge on any atom is 0.266 e. The fourth-order valence-electron chi connectivity index (χ4n) is 1.27. The summed E-state index contributed by atoms with van der Waals surface area (Å²) in [5.41, 5.74) is 5.78. The van der Waals surface area contributed by atoms with E-state index in [2.05, 4.69) is 24.0 Å². The second-order valence-electron chi connectivity index (χ2n) is 3.75. The topological polar surface area (TPSA) is 68.2 Å². The van der Waals surface area contributed by atoms with E-state index in [4.69, 9.17) is 10.3 Å². The number of nitrogens with two attached hydrogens (primary N) is 1. The molecule has 0 aliphatic carbocycles. The van der Waals surface area contributed by atoms with E-state index in [1.807, 2.05) is 18.7 Å². The van der Waals surface area contributed by atoms with Crippen LogP contribution in [0, 0.1) is 0 Å². The van der Waals surface area contributed by atoms with Gasteiger partial charge in [0, 0.05) is 19.1 Å². The molecule has 86 valence electrons. The smallest absolute Gasteiger partial charge is 0.266 e. The van der Waals surface area contributed by atoms with Crippen molar-refractivity contribution in [2.45, 2.75) is 39.7 Å². The molecule has 0 bridgehead atoms. The number of anilines is 1. The first kappa shape index (κ1) is 12.0. The Labute approximate surface area is 90.6 Å². The van der Waals surface area contributed by atoms with Crippen molar-refractivity contribution in [3.63, 3.8) is 0 Å². The quantitative estimate of drug-likeness (QED) is 0.798. The largest absolute Gasteiger partial charge is 0.339 e. The summed E-state index contributed by atoms with van der Waals surface area (Å²) in [5, 5.41) is 3.95. The number of hydrogen-bond acceptors (Lipinski definition) is 5. The molecule has 0 spiro atoms. The molecule has 2 N–H and O–H groups in total. The molecule has 0 aliphatic heterocycles. The molecular weight excluding hydrogens is 192 g/mol. The second-order valence-corrected chi connectivity index (χ2v) is 3.75. The zero-order valence-corrected chi connectivity index (χ0v) is 9.90. The Balaban J connectivity index is 2.79. The van der Waals surface area contributed by atoms with Crippen LogP contribution in [0.4, 0.5) is 5.95 Å². The molecule has 1 aromatic rings. The van der Waals surface area contributed by atoms with Crippen LogP contribution in [0.15, 0.2) is 4.52 Å². The SMILES string of the molecule is CCN(CC)c1noc(C(C)C(C)N)n1. The van der Waals surface area contributed by atoms with Gasteiger partial charge >= 0.3 is 0 Å². The molecule has 1 aromatic heterocycles. The van der Waals surface area contributed by atoms with E-state index >= 15 is 0 Å². The van der Waals surface area contributed by atoms with Gasteiger partial charge < -0.3 is 15.2 Å². The maximum atomic E-state index is 5.78. The van der Waals surface area contributed by atoms with Gasteiger partial charge in [0.15, 0.2) is 0 Å². The van der Waals surface area contributed by atoms with Gasteiger partial charge in [-0.15, -0.1) is 0 Å². The molecular formula is C10H20N4O. The minimum atomic E-state index is 0.0232. The van der Waals surface area contributed by atoms with Crippen LogP contribution in [0.5, 0.6) is 0 Å². The van der Waals surface area contributed by atoms with Crippen molar-refractivity contribution in [3.8, 4) is 0 Å². The van der Waals surface area contributed by atoms with Crippen LogP contribution >= 0.6 is 0 Å². The molecule has 0 aliphatic rings. The van der Waals surface area contributed by atoms with Gasteiger partial charge in [-0.25, -0.2) is 0 Å². The van der Waals surface area contributed by atoms with Crippen molar-refractivity contribution in [1.82, 2.24) is 10.1 Å². The predicted octanol–water partition coefficient (Wildman–Crippen LogP) is 1.37. The van der Waals surface area contributed by atoms with Gasteiger partial charge in [-0.05, 0) is 25.9 Å². The minimum absolute atomic E-state index is 0.0232. The predicted molar refractivity (Wildman–Crippen MR) is 59.9 cm³/mol. The van der Waals surface area contributed by atoms with Crippen molar-refractivity contribution in [3.05, 3.63) is 5.89 Å². The highest BCUT2D eigenvalue weighted by Crippen LogP contribution is 2.18. The maximum absolute atomic E-state index is 5.78. The first-order chi connectivity index (χ1) is 7.10. The van der Waals surface area contributed by atoms with Gasteiger partial charge in [0.1, 0.15) is 0 Å². The Morgan fingerprint density at radius 1 is 1.33 bits per heavy atom. The third-order valence-corrected chi connectivity index (χ3v) is 2.66. The first-order valence-corrected chi connectivity index (χ1v) is 5.44. The summed E-state index contributed by atoms with van der Waals surface area (Å²) in [7, 11) is 0. The van der Waals surface area contributed by atoms with Gasteiger partial charge in [-0.1, -0.05) is 6.92 Å². The van der Waals surface area contributed by atoms with Crippen LogP contribution in [-0.4, -0.2) is 29.3 Å². The van der Waals surface area contributed by atoms with Crippen LogP contribution < -0.4 is 10.6 Å². The summed E-state index contributed by atoms with van der Waals surface area (Å²) in [6, 6.07) is 0.0232. The Morgan fingerprint density at radius 2 is 1.93 bits per heavy atom. The van der Waals surface area contributed by atoms with E-state index in [9.17, 15) is 0 Å². The van der Waals surface area contributed by atoms with E-state index in [-0.39, 0.29) is 12.0 Å². The highest BCUT2D eigenvalue weighted by Gasteiger charge is 2.19. The highest BCUT2D eigenvalue weighted by molar-refractivity contribution is 5.27. The standard InChI is InChI=1S/C10H20N4O/c1-5-14(6-2)10-12-9(15-13-10)7(3)8(4)11/h7-8H,5-6,11H2,1-4H3. The van der Waals surface area contributed by atoms with Crippen LogP contribution in [0.3, 0.4) is 0 Å². The number of rotatable bonds is 5. The second kappa shape index (κ2) is 5.11. The van der Waals surface area contributed by atoms with Gasteiger partial charge in [0.2, 0.25) is 5.89 Å². The summed E-state index contributed by atoms with van der Waals surface area (Å²) in [6.07, 6.45) is 0. The Morgan fingerprint density at radius 3 is 2.40 bits per heavy atom. The Bertz CT molecular complexity index is 277. The fourth-order valence-corrected chi connectivity index (χ4v) is 1.27. The molecule has 2 atom stereocenters. The number of aromatic nitrogens is 2. The van der Waals surface area contributed by atoms with Crippen molar-refractivity contribution in [2.24, 2.45) is 5.73 Å². The lowest BCUT2D eigenvalue weighted by Gasteiger charge is -2.14. The van der Waals surface area contributed by atoms with E-state index in [1.165, 1.54) is 0 Å². The first-order valence-electron chi connectivity index (χ1n) is 5.44. The normalized spacial score (nSPS) is 15.0. The average molecular weight is 212 g/mol. The van der Waals surface area contributed by atoms with Crippen LogP contribution in [-0.2, 0) is 0 Å². The van der Waals surface area contributed by atoms with E-state index < -0.39 is 0 Å². The highest BCUT2D eigenvalue weighted by atomic mass is 16.5. The van der Waals surface area contributed by atoms with Crippen molar-refractivity contribution in [1.29, 1.82) is 0 Å². The van der Waals surface area contributed by atoms with Crippen molar-refractivity contribution >= 4 is 5.95 Å². The summed E-state index contributed by atoms with van der Waals surface area (Å²) in [6.45, 7) is 9.81. The zero-order chi connectivity index (χ0) is 11.4. The zero-order valence-electron chi connectivity index (χ0n) is 9.90. The molecule has 5 nitrogen and oxygen atoms in total. The lowest BCUT2D eigenvalue weighted by atomic mass is 10.1. The van der Waals surface area contributed by atoms with Crippen LogP contribution in [0.1, 0.15) is 39.5 Å². The van der Waals surface area contributed by atoms with Gasteiger partial charge in [-0.2, -0.15) is 4.98 Å². The fraction of sp³-hybridized carbons (Fsp3) is 0.800. The minimum Gasteiger partial charge on any atom is -0.339 e. The van der Waals surface area contributed by atoms with Gasteiger partial charge in [0.25, 0.3) is 5.95 Å². The van der Waals surface area contributed by atoms with Crippen molar-refractivity contribution in [2.75, 3.05) is 18.0 Å². The van der Waals surface area contributed by atoms with E-state index in [0.717, 1.165) is 13.1 Å². The molecule has 1 heterocycles. The molecule has 0 aromatic carbocycles. The molecule has 0 radical (unpaired) electrons. The lowest BCUT2D eigenvalue weighted by molar-refractivity contribution is 0.346. The monoisotopic (exact) mass is 212 g/mol. The van der Waals surface area contributed by atoms with Crippen molar-refractivity contribution < 1.29 is 4.52 Å². The average Bonchev–Trinajstić information content (AvgIpc) is 2.67. The third-order valence-electron chi connectivity index (χ3n) is 2.66. The Hall–Kier alpha value is -1.10. The molecule has 0 saturated heterocycles. The molecule has 0 saturated carbocycles. The molecule has 0 amide bonds. The third kappa shape index (κ3) is 2.68.